The summed E-state index contributed by atoms with van der Waals surface area (Å²) in [6.07, 6.45) is 0.991. The van der Waals surface area contributed by atoms with Gasteiger partial charge in [-0.1, -0.05) is 0 Å². The number of benzene rings is 1. The van der Waals surface area contributed by atoms with Crippen LogP contribution in [-0.2, 0) is 0 Å². The zero-order chi connectivity index (χ0) is 12.3. The highest BCUT2D eigenvalue weighted by molar-refractivity contribution is 5.37. The Hall–Kier alpha value is -2.55. The zero-order valence-corrected chi connectivity index (χ0v) is 8.39. The van der Waals surface area contributed by atoms with Crippen molar-refractivity contribution in [2.75, 3.05) is 0 Å². The quantitative estimate of drug-likeness (QED) is 0.747. The Morgan fingerprint density at radius 1 is 1.18 bits per heavy atom. The Morgan fingerprint density at radius 2 is 2.00 bits per heavy atom. The van der Waals surface area contributed by atoms with Crippen LogP contribution < -0.4 is 4.74 Å². The number of hydrogen-bond acceptors (Lipinski definition) is 4. The highest BCUT2D eigenvalue weighted by Crippen LogP contribution is 2.21. The average Bonchev–Trinajstić information content (AvgIpc) is 2.29. The molecule has 1 aromatic heterocycles. The molecule has 0 aliphatic rings. The molecule has 0 saturated carbocycles. The van der Waals surface area contributed by atoms with Gasteiger partial charge in [0.1, 0.15) is 24.0 Å². The standard InChI is InChI=1S/C11H5F2N3O/c12-9-3-8(2-1-7(9)5-14)17-11-4-10(13)15-6-16-11/h1-4,6H. The molecule has 0 atom stereocenters. The molecule has 4 nitrogen and oxygen atoms in total. The van der Waals surface area contributed by atoms with Crippen LogP contribution in [0, 0.1) is 23.1 Å². The predicted molar refractivity (Wildman–Crippen MR) is 53.2 cm³/mol. The van der Waals surface area contributed by atoms with E-state index >= 15 is 0 Å². The van der Waals surface area contributed by atoms with Crippen LogP contribution in [0.5, 0.6) is 11.6 Å². The average molecular weight is 233 g/mol. The summed E-state index contributed by atoms with van der Waals surface area (Å²) in [7, 11) is 0. The third kappa shape index (κ3) is 2.52. The smallest absolute Gasteiger partial charge is 0.225 e. The van der Waals surface area contributed by atoms with Crippen LogP contribution in [0.3, 0.4) is 0 Å². The molecule has 0 amide bonds. The van der Waals surface area contributed by atoms with E-state index in [1.807, 2.05) is 0 Å². The van der Waals surface area contributed by atoms with E-state index in [9.17, 15) is 8.78 Å². The molecular weight excluding hydrogens is 228 g/mol. The first-order valence-corrected chi connectivity index (χ1v) is 4.54. The van der Waals surface area contributed by atoms with Gasteiger partial charge in [-0.25, -0.2) is 14.4 Å². The summed E-state index contributed by atoms with van der Waals surface area (Å²) in [4.78, 5) is 6.90. The van der Waals surface area contributed by atoms with E-state index in [0.717, 1.165) is 18.5 Å². The molecule has 84 valence electrons. The van der Waals surface area contributed by atoms with Crippen LogP contribution in [0.1, 0.15) is 5.56 Å². The van der Waals surface area contributed by atoms with Crippen LogP contribution in [0.2, 0.25) is 0 Å². The lowest BCUT2D eigenvalue weighted by Crippen LogP contribution is -1.92. The first kappa shape index (κ1) is 11.0. The number of nitriles is 1. The Labute approximate surface area is 95.1 Å². The van der Waals surface area contributed by atoms with Crippen molar-refractivity contribution in [2.24, 2.45) is 0 Å². The van der Waals surface area contributed by atoms with Crippen molar-refractivity contribution in [3.63, 3.8) is 0 Å². The Morgan fingerprint density at radius 3 is 2.65 bits per heavy atom. The molecule has 17 heavy (non-hydrogen) atoms. The highest BCUT2D eigenvalue weighted by atomic mass is 19.1. The second-order valence-corrected chi connectivity index (χ2v) is 3.03. The third-order valence-electron chi connectivity index (χ3n) is 1.89. The van der Waals surface area contributed by atoms with E-state index in [0.29, 0.717) is 0 Å². The van der Waals surface area contributed by atoms with E-state index < -0.39 is 11.8 Å². The van der Waals surface area contributed by atoms with Crippen LogP contribution >= 0.6 is 0 Å². The fourth-order valence-corrected chi connectivity index (χ4v) is 1.14. The van der Waals surface area contributed by atoms with Crippen molar-refractivity contribution in [1.29, 1.82) is 5.26 Å². The maximum atomic E-state index is 13.2. The zero-order valence-electron chi connectivity index (χ0n) is 8.39. The van der Waals surface area contributed by atoms with Gasteiger partial charge in [-0.15, -0.1) is 0 Å². The maximum Gasteiger partial charge on any atom is 0.225 e. The predicted octanol–water partition coefficient (Wildman–Crippen LogP) is 2.42. The lowest BCUT2D eigenvalue weighted by molar-refractivity contribution is 0.446. The van der Waals surface area contributed by atoms with Crippen molar-refractivity contribution < 1.29 is 13.5 Å². The van der Waals surface area contributed by atoms with E-state index in [1.165, 1.54) is 12.1 Å². The van der Waals surface area contributed by atoms with Gasteiger partial charge in [-0.05, 0) is 12.1 Å². The van der Waals surface area contributed by atoms with Crippen molar-refractivity contribution in [2.45, 2.75) is 0 Å². The minimum absolute atomic E-state index is 0.0402. The van der Waals surface area contributed by atoms with E-state index in [4.69, 9.17) is 10.00 Å². The number of hydrogen-bond donors (Lipinski definition) is 0. The normalized spacial score (nSPS) is 9.71. The molecule has 2 rings (SSSR count). The molecule has 2 aromatic rings. The van der Waals surface area contributed by atoms with Gasteiger partial charge in [0.25, 0.3) is 0 Å². The molecule has 0 aliphatic heterocycles. The molecule has 0 saturated heterocycles. The van der Waals surface area contributed by atoms with Gasteiger partial charge in [-0.3, -0.25) is 0 Å². The molecule has 0 fully saturated rings. The van der Waals surface area contributed by atoms with Crippen molar-refractivity contribution in [3.8, 4) is 17.7 Å². The number of halogens is 2. The Bertz CT molecular complexity index is 596. The largest absolute Gasteiger partial charge is 0.439 e. The van der Waals surface area contributed by atoms with Gasteiger partial charge in [-0.2, -0.15) is 9.65 Å². The van der Waals surface area contributed by atoms with Crippen LogP contribution in [0.15, 0.2) is 30.6 Å². The SMILES string of the molecule is N#Cc1ccc(Oc2cc(F)ncn2)cc1F. The highest BCUT2D eigenvalue weighted by Gasteiger charge is 2.05. The summed E-state index contributed by atoms with van der Waals surface area (Å²) in [6.45, 7) is 0. The van der Waals surface area contributed by atoms with Gasteiger partial charge in [0, 0.05) is 6.07 Å². The monoisotopic (exact) mass is 233 g/mol. The molecule has 0 radical (unpaired) electrons. The van der Waals surface area contributed by atoms with E-state index in [-0.39, 0.29) is 17.2 Å². The summed E-state index contributed by atoms with van der Waals surface area (Å²) in [5, 5.41) is 8.53. The molecule has 0 spiro atoms. The molecule has 0 unspecified atom stereocenters. The fourth-order valence-electron chi connectivity index (χ4n) is 1.14. The molecule has 1 heterocycles. The number of ether oxygens (including phenoxy) is 1. The summed E-state index contributed by atoms with van der Waals surface area (Å²) in [6, 6.07) is 6.33. The molecule has 6 heteroatoms. The van der Waals surface area contributed by atoms with Crippen molar-refractivity contribution in [1.82, 2.24) is 9.97 Å². The van der Waals surface area contributed by atoms with E-state index in [2.05, 4.69) is 9.97 Å². The molecule has 0 N–H and O–H groups in total. The Kier molecular flexibility index (Phi) is 2.92. The first-order valence-electron chi connectivity index (χ1n) is 4.54. The van der Waals surface area contributed by atoms with Crippen molar-refractivity contribution >= 4 is 0 Å². The lowest BCUT2D eigenvalue weighted by Gasteiger charge is -2.04. The summed E-state index contributed by atoms with van der Waals surface area (Å²) < 4.78 is 31.0. The van der Waals surface area contributed by atoms with Crippen LogP contribution in [0.25, 0.3) is 0 Å². The summed E-state index contributed by atoms with van der Waals surface area (Å²) in [5.74, 6) is -1.37. The second kappa shape index (κ2) is 4.53. The molecule has 0 aliphatic carbocycles. The maximum absolute atomic E-state index is 13.2. The minimum atomic E-state index is -0.746. The first-order chi connectivity index (χ1) is 8.19. The van der Waals surface area contributed by atoms with Crippen molar-refractivity contribution in [3.05, 3.63) is 47.9 Å². The van der Waals surface area contributed by atoms with Crippen LogP contribution in [0.4, 0.5) is 8.78 Å². The van der Waals surface area contributed by atoms with Gasteiger partial charge >= 0.3 is 0 Å². The molecule has 1 aromatic carbocycles. The summed E-state index contributed by atoms with van der Waals surface area (Å²) in [5.41, 5.74) is -0.0915. The van der Waals surface area contributed by atoms with E-state index in [1.54, 1.807) is 6.07 Å². The minimum Gasteiger partial charge on any atom is -0.439 e. The van der Waals surface area contributed by atoms with Gasteiger partial charge in [0.05, 0.1) is 11.6 Å². The molecular formula is C11H5F2N3O. The number of nitrogens with zero attached hydrogens (tertiary/aromatic N) is 3. The lowest BCUT2D eigenvalue weighted by atomic mass is 10.2. The van der Waals surface area contributed by atoms with Gasteiger partial charge in [0.15, 0.2) is 0 Å². The topological polar surface area (TPSA) is 58.8 Å². The summed E-state index contributed by atoms with van der Waals surface area (Å²) >= 11 is 0. The Balaban J connectivity index is 2.25. The number of aromatic nitrogens is 2. The van der Waals surface area contributed by atoms with Crippen LogP contribution in [-0.4, -0.2) is 9.97 Å². The molecule has 0 bridgehead atoms. The third-order valence-corrected chi connectivity index (χ3v) is 1.89. The second-order valence-electron chi connectivity index (χ2n) is 3.03. The number of rotatable bonds is 2. The van der Waals surface area contributed by atoms with Gasteiger partial charge < -0.3 is 4.74 Å². The fraction of sp³-hybridized carbons (Fsp3) is 0. The van der Waals surface area contributed by atoms with Gasteiger partial charge in [0.2, 0.25) is 11.8 Å².